The number of benzene rings is 1. The highest BCUT2D eigenvalue weighted by molar-refractivity contribution is 7.98. The highest BCUT2D eigenvalue weighted by atomic mass is 35.5. The van der Waals surface area contributed by atoms with Gasteiger partial charge in [0, 0.05) is 38.3 Å². The maximum Gasteiger partial charge on any atom is 0.271 e. The van der Waals surface area contributed by atoms with E-state index >= 15 is 0 Å². The third kappa shape index (κ3) is 5.01. The van der Waals surface area contributed by atoms with Crippen molar-refractivity contribution in [2.75, 3.05) is 39.5 Å². The minimum absolute atomic E-state index is 0.0426. The second-order valence-electron chi connectivity index (χ2n) is 6.53. The van der Waals surface area contributed by atoms with Crippen LogP contribution in [0.4, 0.5) is 0 Å². The molecule has 2 heterocycles. The molecule has 1 N–H and O–H groups in total. The lowest BCUT2D eigenvalue weighted by Crippen LogP contribution is -2.47. The number of amides is 2. The number of thioether (sulfide) groups is 1. The van der Waals surface area contributed by atoms with Crippen LogP contribution < -0.4 is 5.32 Å². The van der Waals surface area contributed by atoms with Crippen molar-refractivity contribution in [2.45, 2.75) is 11.7 Å². The van der Waals surface area contributed by atoms with E-state index in [2.05, 4.69) is 27.2 Å². The van der Waals surface area contributed by atoms with E-state index in [1.807, 2.05) is 23.3 Å². The average Bonchev–Trinajstić information content (AvgIpc) is 2.73. The van der Waals surface area contributed by atoms with Gasteiger partial charge in [0.2, 0.25) is 0 Å². The maximum absolute atomic E-state index is 12.6. The number of hydrogen-bond donors (Lipinski definition) is 1. The number of carbonyl (C=O) groups excluding carboxylic acids is 2. The molecule has 2 aromatic rings. The molecule has 1 fully saturated rings. The number of halogens is 1. The number of hydrogen-bond acceptors (Lipinski definition) is 6. The number of nitrogens with one attached hydrogen (secondary N) is 1. The second kappa shape index (κ2) is 9.36. The summed E-state index contributed by atoms with van der Waals surface area (Å²) in [4.78, 5) is 37.2. The van der Waals surface area contributed by atoms with E-state index in [9.17, 15) is 9.59 Å². The molecule has 0 radical (unpaired) electrons. The lowest BCUT2D eigenvalue weighted by molar-refractivity contribution is 0.0664. The van der Waals surface area contributed by atoms with Crippen LogP contribution in [0.2, 0.25) is 5.02 Å². The number of aromatic nitrogens is 2. The summed E-state index contributed by atoms with van der Waals surface area (Å²) in [5.74, 6) is -0.318. The first-order valence-corrected chi connectivity index (χ1v) is 10.5. The molecule has 2 amide bonds. The zero-order valence-electron chi connectivity index (χ0n) is 15.8. The lowest BCUT2D eigenvalue weighted by atomic mass is 10.1. The molecular formula is C19H22ClN5O2S. The van der Waals surface area contributed by atoms with E-state index in [-0.39, 0.29) is 22.5 Å². The summed E-state index contributed by atoms with van der Waals surface area (Å²) in [6.07, 6.45) is 3.25. The van der Waals surface area contributed by atoms with Gasteiger partial charge in [-0.05, 0) is 31.0 Å². The second-order valence-corrected chi connectivity index (χ2v) is 7.71. The first kappa shape index (κ1) is 20.6. The fraction of sp³-hybridized carbons (Fsp3) is 0.368. The van der Waals surface area contributed by atoms with Gasteiger partial charge in [0.25, 0.3) is 11.8 Å². The number of likely N-dealkylation sites (N-methyl/N-ethyl adjacent to an activating group) is 1. The monoisotopic (exact) mass is 419 g/mol. The Morgan fingerprint density at radius 2 is 1.86 bits per heavy atom. The number of piperazine rings is 1. The van der Waals surface area contributed by atoms with Crippen LogP contribution in [0.1, 0.15) is 26.4 Å². The average molecular weight is 420 g/mol. The van der Waals surface area contributed by atoms with Crippen LogP contribution >= 0.6 is 23.4 Å². The van der Waals surface area contributed by atoms with Gasteiger partial charge in [-0.25, -0.2) is 9.97 Å². The topological polar surface area (TPSA) is 78.4 Å². The molecule has 1 aromatic heterocycles. The molecule has 0 spiro atoms. The Hall–Kier alpha value is -2.16. The number of carbonyl (C=O) groups is 2. The van der Waals surface area contributed by atoms with E-state index in [0.717, 1.165) is 31.7 Å². The van der Waals surface area contributed by atoms with Gasteiger partial charge < -0.3 is 15.1 Å². The summed E-state index contributed by atoms with van der Waals surface area (Å²) in [6, 6.07) is 7.29. The summed E-state index contributed by atoms with van der Waals surface area (Å²) in [5.41, 5.74) is 1.70. The van der Waals surface area contributed by atoms with Gasteiger partial charge in [0.1, 0.15) is 0 Å². The van der Waals surface area contributed by atoms with Crippen LogP contribution in [-0.4, -0.2) is 71.1 Å². The standard InChI is InChI=1S/C19H22ClN5O2S/c1-24-7-9-25(10-8-24)18(27)14-5-3-13(4-6-14)11-21-17(26)16-15(20)12-22-19(23-16)28-2/h3-6,12H,7-11H2,1-2H3,(H,21,26). The predicted molar refractivity (Wildman–Crippen MR) is 110 cm³/mol. The SMILES string of the molecule is CSc1ncc(Cl)c(C(=O)NCc2ccc(C(=O)N3CCN(C)CC3)cc2)n1. The molecule has 28 heavy (non-hydrogen) atoms. The lowest BCUT2D eigenvalue weighted by Gasteiger charge is -2.32. The van der Waals surface area contributed by atoms with Crippen LogP contribution in [0, 0.1) is 0 Å². The molecule has 9 heteroatoms. The summed E-state index contributed by atoms with van der Waals surface area (Å²) >= 11 is 7.37. The molecule has 1 aromatic carbocycles. The normalized spacial score (nSPS) is 14.8. The first-order chi connectivity index (χ1) is 13.5. The van der Waals surface area contributed by atoms with Crippen LogP contribution in [0.15, 0.2) is 35.6 Å². The van der Waals surface area contributed by atoms with E-state index in [4.69, 9.17) is 11.6 Å². The Morgan fingerprint density at radius 3 is 2.50 bits per heavy atom. The van der Waals surface area contributed by atoms with Crippen molar-refractivity contribution in [1.29, 1.82) is 0 Å². The smallest absolute Gasteiger partial charge is 0.271 e. The molecule has 148 valence electrons. The van der Waals surface area contributed by atoms with Crippen LogP contribution in [-0.2, 0) is 6.54 Å². The molecular weight excluding hydrogens is 398 g/mol. The highest BCUT2D eigenvalue weighted by Crippen LogP contribution is 2.16. The van der Waals surface area contributed by atoms with Gasteiger partial charge in [-0.2, -0.15) is 0 Å². The van der Waals surface area contributed by atoms with E-state index in [1.165, 1.54) is 18.0 Å². The summed E-state index contributed by atoms with van der Waals surface area (Å²) in [5, 5.41) is 3.50. The van der Waals surface area contributed by atoms with Crippen molar-refractivity contribution in [1.82, 2.24) is 25.1 Å². The zero-order chi connectivity index (χ0) is 20.1. The van der Waals surface area contributed by atoms with Gasteiger partial charge in [-0.1, -0.05) is 35.5 Å². The molecule has 3 rings (SSSR count). The minimum atomic E-state index is -0.361. The Kier molecular flexibility index (Phi) is 6.88. The summed E-state index contributed by atoms with van der Waals surface area (Å²) in [7, 11) is 2.06. The van der Waals surface area contributed by atoms with Crippen LogP contribution in [0.5, 0.6) is 0 Å². The molecule has 0 bridgehead atoms. The molecule has 0 unspecified atom stereocenters. The van der Waals surface area contributed by atoms with Crippen molar-refractivity contribution in [3.63, 3.8) is 0 Å². The molecule has 0 atom stereocenters. The molecule has 1 saturated heterocycles. The minimum Gasteiger partial charge on any atom is -0.347 e. The third-order valence-electron chi connectivity index (χ3n) is 4.56. The predicted octanol–water partition coefficient (Wildman–Crippen LogP) is 2.17. The zero-order valence-corrected chi connectivity index (χ0v) is 17.4. The van der Waals surface area contributed by atoms with Gasteiger partial charge in [0.15, 0.2) is 10.9 Å². The molecule has 7 nitrogen and oxygen atoms in total. The molecule has 0 saturated carbocycles. The number of nitrogens with zero attached hydrogens (tertiary/aromatic N) is 4. The Bertz CT molecular complexity index is 854. The van der Waals surface area contributed by atoms with E-state index in [1.54, 1.807) is 12.1 Å². The van der Waals surface area contributed by atoms with Crippen molar-refractivity contribution in [3.05, 3.63) is 52.3 Å². The van der Waals surface area contributed by atoms with Crippen molar-refractivity contribution >= 4 is 35.2 Å². The van der Waals surface area contributed by atoms with Crippen LogP contribution in [0.25, 0.3) is 0 Å². The Balaban J connectivity index is 1.58. The quantitative estimate of drug-likeness (QED) is 0.591. The fourth-order valence-electron chi connectivity index (χ4n) is 2.83. The van der Waals surface area contributed by atoms with E-state index in [0.29, 0.717) is 17.3 Å². The van der Waals surface area contributed by atoms with Gasteiger partial charge >= 0.3 is 0 Å². The summed E-state index contributed by atoms with van der Waals surface area (Å²) < 4.78 is 0. The Morgan fingerprint density at radius 1 is 1.18 bits per heavy atom. The van der Waals surface area contributed by atoms with Crippen molar-refractivity contribution in [3.8, 4) is 0 Å². The fourth-order valence-corrected chi connectivity index (χ4v) is 3.35. The first-order valence-electron chi connectivity index (χ1n) is 8.89. The van der Waals surface area contributed by atoms with E-state index < -0.39 is 0 Å². The largest absolute Gasteiger partial charge is 0.347 e. The molecule has 1 aliphatic rings. The summed E-state index contributed by atoms with van der Waals surface area (Å²) in [6.45, 7) is 3.58. The van der Waals surface area contributed by atoms with Crippen molar-refractivity contribution < 1.29 is 9.59 Å². The maximum atomic E-state index is 12.6. The Labute approximate surface area is 173 Å². The third-order valence-corrected chi connectivity index (χ3v) is 5.40. The highest BCUT2D eigenvalue weighted by Gasteiger charge is 2.20. The van der Waals surface area contributed by atoms with Gasteiger partial charge in [-0.15, -0.1) is 0 Å². The van der Waals surface area contributed by atoms with Gasteiger partial charge in [-0.3, -0.25) is 9.59 Å². The van der Waals surface area contributed by atoms with Crippen molar-refractivity contribution in [2.24, 2.45) is 0 Å². The number of rotatable bonds is 5. The van der Waals surface area contributed by atoms with Gasteiger partial charge in [0.05, 0.1) is 11.2 Å². The van der Waals surface area contributed by atoms with Crippen LogP contribution in [0.3, 0.4) is 0 Å². The molecule has 1 aliphatic heterocycles. The molecule has 0 aliphatic carbocycles.